The Bertz CT molecular complexity index is 330. The van der Waals surface area contributed by atoms with Gasteiger partial charge in [-0.15, -0.1) is 0 Å². The van der Waals surface area contributed by atoms with Gasteiger partial charge in [0.05, 0.1) is 0 Å². The normalized spacial score (nSPS) is 26.7. The van der Waals surface area contributed by atoms with Crippen molar-refractivity contribution in [1.82, 2.24) is 5.32 Å². The maximum absolute atomic E-state index is 3.53. The lowest BCUT2D eigenvalue weighted by atomic mass is 10.1. The minimum absolute atomic E-state index is 0.558. The summed E-state index contributed by atoms with van der Waals surface area (Å²) < 4.78 is 1.15. The molecule has 82 valence electrons. The third kappa shape index (κ3) is 2.34. The molecule has 0 saturated carbocycles. The second-order valence-electron chi connectivity index (χ2n) is 4.24. The first-order valence-corrected chi connectivity index (χ1v) is 6.22. The van der Waals surface area contributed by atoms with Crippen LogP contribution in [-0.4, -0.2) is 25.2 Å². The first kappa shape index (κ1) is 11.0. The van der Waals surface area contributed by atoms with Crippen LogP contribution >= 0.6 is 15.9 Å². The molecule has 2 rings (SSSR count). The lowest BCUT2D eigenvalue weighted by molar-refractivity contribution is 0.432. The summed E-state index contributed by atoms with van der Waals surface area (Å²) in [7, 11) is 0. The van der Waals surface area contributed by atoms with Crippen LogP contribution in [0.2, 0.25) is 0 Å². The van der Waals surface area contributed by atoms with Crippen LogP contribution in [0, 0.1) is 0 Å². The number of anilines is 1. The number of benzene rings is 1. The Morgan fingerprint density at radius 2 is 1.93 bits per heavy atom. The van der Waals surface area contributed by atoms with Gasteiger partial charge in [-0.25, -0.2) is 0 Å². The van der Waals surface area contributed by atoms with Crippen molar-refractivity contribution in [3.05, 3.63) is 28.7 Å². The molecule has 1 heterocycles. The fourth-order valence-electron chi connectivity index (χ4n) is 2.28. The van der Waals surface area contributed by atoms with Crippen molar-refractivity contribution >= 4 is 21.6 Å². The molecule has 0 amide bonds. The van der Waals surface area contributed by atoms with Gasteiger partial charge in [-0.05, 0) is 32.0 Å². The van der Waals surface area contributed by atoms with Gasteiger partial charge in [-0.2, -0.15) is 0 Å². The molecule has 0 aromatic heterocycles. The van der Waals surface area contributed by atoms with Gasteiger partial charge in [0.25, 0.3) is 0 Å². The van der Waals surface area contributed by atoms with Gasteiger partial charge in [0.2, 0.25) is 0 Å². The number of halogens is 1. The Kier molecular flexibility index (Phi) is 3.32. The molecule has 0 radical (unpaired) electrons. The Morgan fingerprint density at radius 3 is 2.53 bits per heavy atom. The zero-order valence-electron chi connectivity index (χ0n) is 9.20. The van der Waals surface area contributed by atoms with Crippen LogP contribution < -0.4 is 10.2 Å². The Balaban J connectivity index is 2.27. The van der Waals surface area contributed by atoms with Crippen molar-refractivity contribution in [2.45, 2.75) is 25.9 Å². The van der Waals surface area contributed by atoms with Crippen molar-refractivity contribution in [3.63, 3.8) is 0 Å². The van der Waals surface area contributed by atoms with Gasteiger partial charge < -0.3 is 10.2 Å². The first-order chi connectivity index (χ1) is 7.18. The molecule has 1 aliphatic rings. The number of nitrogens with zero attached hydrogens (tertiary/aromatic N) is 1. The molecular formula is C12H17BrN2. The largest absolute Gasteiger partial charge is 0.364 e. The molecule has 1 fully saturated rings. The Morgan fingerprint density at radius 1 is 1.27 bits per heavy atom. The van der Waals surface area contributed by atoms with Crippen LogP contribution in [0.25, 0.3) is 0 Å². The predicted octanol–water partition coefficient (Wildman–Crippen LogP) is 2.64. The van der Waals surface area contributed by atoms with Crippen LogP contribution in [0.1, 0.15) is 13.8 Å². The molecule has 15 heavy (non-hydrogen) atoms. The molecule has 2 unspecified atom stereocenters. The van der Waals surface area contributed by atoms with E-state index in [1.165, 1.54) is 5.69 Å². The molecule has 3 heteroatoms. The van der Waals surface area contributed by atoms with E-state index < -0.39 is 0 Å². The molecule has 2 nitrogen and oxygen atoms in total. The minimum atomic E-state index is 0.558. The number of hydrogen-bond donors (Lipinski definition) is 1. The van der Waals surface area contributed by atoms with Crippen molar-refractivity contribution in [2.75, 3.05) is 18.0 Å². The summed E-state index contributed by atoms with van der Waals surface area (Å²) >= 11 is 3.53. The van der Waals surface area contributed by atoms with Crippen LogP contribution in [-0.2, 0) is 0 Å². The summed E-state index contributed by atoms with van der Waals surface area (Å²) in [6.45, 7) is 6.67. The third-order valence-corrected chi connectivity index (χ3v) is 3.43. The van der Waals surface area contributed by atoms with E-state index in [-0.39, 0.29) is 0 Å². The highest BCUT2D eigenvalue weighted by Crippen LogP contribution is 2.24. The van der Waals surface area contributed by atoms with E-state index in [4.69, 9.17) is 0 Å². The molecule has 0 spiro atoms. The van der Waals surface area contributed by atoms with Gasteiger partial charge in [-0.3, -0.25) is 0 Å². The van der Waals surface area contributed by atoms with Crippen molar-refractivity contribution in [2.24, 2.45) is 0 Å². The maximum Gasteiger partial charge on any atom is 0.0389 e. The summed E-state index contributed by atoms with van der Waals surface area (Å²) in [5.74, 6) is 0. The number of piperazine rings is 1. The Labute approximate surface area is 99.8 Å². The van der Waals surface area contributed by atoms with Crippen LogP contribution in [0.4, 0.5) is 5.69 Å². The summed E-state index contributed by atoms with van der Waals surface area (Å²) in [6.07, 6.45) is 0. The Hall–Kier alpha value is -0.540. The van der Waals surface area contributed by atoms with Crippen molar-refractivity contribution in [3.8, 4) is 0 Å². The number of nitrogens with one attached hydrogen (secondary N) is 1. The molecule has 1 aromatic rings. The summed E-state index contributed by atoms with van der Waals surface area (Å²) in [4.78, 5) is 2.49. The van der Waals surface area contributed by atoms with Crippen molar-refractivity contribution in [1.29, 1.82) is 0 Å². The molecule has 1 saturated heterocycles. The number of rotatable bonds is 1. The van der Waals surface area contributed by atoms with E-state index in [1.807, 2.05) is 0 Å². The second-order valence-corrected chi connectivity index (χ2v) is 5.16. The summed E-state index contributed by atoms with van der Waals surface area (Å²) in [6, 6.07) is 9.66. The summed E-state index contributed by atoms with van der Waals surface area (Å²) in [5, 5.41) is 3.45. The standard InChI is InChI=1S/C12H17BrN2/c1-9-7-14-8-10(2)15(9)12-5-3-4-11(13)6-12/h3-6,9-10,14H,7-8H2,1-2H3. The fourth-order valence-corrected chi connectivity index (χ4v) is 2.67. The molecule has 2 atom stereocenters. The van der Waals surface area contributed by atoms with E-state index in [0.29, 0.717) is 12.1 Å². The molecule has 1 N–H and O–H groups in total. The number of hydrogen-bond acceptors (Lipinski definition) is 2. The highest BCUT2D eigenvalue weighted by atomic mass is 79.9. The van der Waals surface area contributed by atoms with Gasteiger partial charge in [-0.1, -0.05) is 22.0 Å². The monoisotopic (exact) mass is 268 g/mol. The quantitative estimate of drug-likeness (QED) is 0.843. The van der Waals surface area contributed by atoms with E-state index >= 15 is 0 Å². The highest BCUT2D eigenvalue weighted by molar-refractivity contribution is 9.10. The van der Waals surface area contributed by atoms with Gasteiger partial charge in [0, 0.05) is 35.3 Å². The lowest BCUT2D eigenvalue weighted by Crippen LogP contribution is -2.55. The molecule has 0 bridgehead atoms. The van der Waals surface area contributed by atoms with Gasteiger partial charge in [0.1, 0.15) is 0 Å². The minimum Gasteiger partial charge on any atom is -0.364 e. The SMILES string of the molecule is CC1CNCC(C)N1c1cccc(Br)c1. The van der Waals surface area contributed by atoms with Crippen LogP contribution in [0.15, 0.2) is 28.7 Å². The van der Waals surface area contributed by atoms with E-state index in [9.17, 15) is 0 Å². The molecule has 1 aromatic carbocycles. The zero-order chi connectivity index (χ0) is 10.8. The highest BCUT2D eigenvalue weighted by Gasteiger charge is 2.24. The third-order valence-electron chi connectivity index (χ3n) is 2.94. The second kappa shape index (κ2) is 4.54. The van der Waals surface area contributed by atoms with E-state index in [0.717, 1.165) is 17.6 Å². The maximum atomic E-state index is 3.53. The zero-order valence-corrected chi connectivity index (χ0v) is 10.8. The average Bonchev–Trinajstić information content (AvgIpc) is 2.17. The fraction of sp³-hybridized carbons (Fsp3) is 0.500. The van der Waals surface area contributed by atoms with Gasteiger partial charge in [0.15, 0.2) is 0 Å². The predicted molar refractivity (Wildman–Crippen MR) is 68.4 cm³/mol. The first-order valence-electron chi connectivity index (χ1n) is 5.43. The summed E-state index contributed by atoms with van der Waals surface area (Å²) in [5.41, 5.74) is 1.31. The van der Waals surface area contributed by atoms with Crippen LogP contribution in [0.5, 0.6) is 0 Å². The van der Waals surface area contributed by atoms with E-state index in [2.05, 4.69) is 64.3 Å². The topological polar surface area (TPSA) is 15.3 Å². The molecule has 1 aliphatic heterocycles. The smallest absolute Gasteiger partial charge is 0.0389 e. The molecule has 0 aliphatic carbocycles. The average molecular weight is 269 g/mol. The van der Waals surface area contributed by atoms with Crippen molar-refractivity contribution < 1.29 is 0 Å². The van der Waals surface area contributed by atoms with Gasteiger partial charge >= 0.3 is 0 Å². The van der Waals surface area contributed by atoms with Crippen LogP contribution in [0.3, 0.4) is 0 Å². The van der Waals surface area contributed by atoms with E-state index in [1.54, 1.807) is 0 Å². The lowest BCUT2D eigenvalue weighted by Gasteiger charge is -2.41. The molecular weight excluding hydrogens is 252 g/mol.